The summed E-state index contributed by atoms with van der Waals surface area (Å²) in [5.41, 5.74) is 6.88. The van der Waals surface area contributed by atoms with Crippen molar-refractivity contribution in [1.29, 1.82) is 0 Å². The number of ether oxygens (including phenoxy) is 3. The van der Waals surface area contributed by atoms with E-state index in [1.165, 1.54) is 6.33 Å². The van der Waals surface area contributed by atoms with Crippen molar-refractivity contribution < 1.29 is 23.7 Å². The molecule has 0 bridgehead atoms. The molecule has 1 unspecified atom stereocenters. The highest BCUT2D eigenvalue weighted by Crippen LogP contribution is 2.37. The van der Waals surface area contributed by atoms with Gasteiger partial charge in [-0.3, -0.25) is 4.57 Å². The Hall–Kier alpha value is -1.62. The highest BCUT2D eigenvalue weighted by Gasteiger charge is 2.28. The first-order valence-electron chi connectivity index (χ1n) is 9.21. The summed E-state index contributed by atoms with van der Waals surface area (Å²) < 4.78 is 31.0. The molecular weight excluding hydrogens is 387 g/mol. The fourth-order valence-electron chi connectivity index (χ4n) is 2.95. The molecule has 0 amide bonds. The number of imidazole rings is 1. The quantitative estimate of drug-likeness (QED) is 0.536. The summed E-state index contributed by atoms with van der Waals surface area (Å²) >= 11 is 0. The van der Waals surface area contributed by atoms with Gasteiger partial charge in [0.25, 0.3) is 7.52 Å². The standard InChI is InChI=1S/C16H27N6O5P/c1-11(7-22-9-20-13-14(17)18-8-19-15(13)22)27-10-28(23,24)21-12(2)16-25-5-3-4-6-26-16/h8-9,11-12,16H,3-7,10H2,1-2H3,(H2,17,18,19)(H2,21,23,24)/t11-,12-/m1/s1. The van der Waals surface area contributed by atoms with Crippen molar-refractivity contribution in [2.24, 2.45) is 0 Å². The van der Waals surface area contributed by atoms with Crippen molar-refractivity contribution >= 4 is 24.5 Å². The molecule has 0 spiro atoms. The van der Waals surface area contributed by atoms with Gasteiger partial charge in [-0.2, -0.15) is 0 Å². The van der Waals surface area contributed by atoms with Crippen LogP contribution in [0.2, 0.25) is 0 Å². The molecule has 2 aromatic rings. The van der Waals surface area contributed by atoms with Gasteiger partial charge in [0.05, 0.1) is 25.0 Å². The molecule has 1 aliphatic heterocycles. The highest BCUT2D eigenvalue weighted by atomic mass is 31.2. The van der Waals surface area contributed by atoms with Crippen LogP contribution in [0, 0.1) is 0 Å². The first-order valence-corrected chi connectivity index (χ1v) is 11.1. The second-order valence-electron chi connectivity index (χ2n) is 6.87. The van der Waals surface area contributed by atoms with Crippen LogP contribution in [-0.4, -0.2) is 62.4 Å². The lowest BCUT2D eigenvalue weighted by Crippen LogP contribution is -2.39. The Morgan fingerprint density at radius 2 is 2.07 bits per heavy atom. The van der Waals surface area contributed by atoms with Crippen LogP contribution in [0.25, 0.3) is 11.2 Å². The van der Waals surface area contributed by atoms with Gasteiger partial charge in [0.1, 0.15) is 18.2 Å². The van der Waals surface area contributed by atoms with E-state index in [0.717, 1.165) is 12.8 Å². The Kier molecular flexibility index (Phi) is 6.97. The van der Waals surface area contributed by atoms with E-state index in [1.807, 2.05) is 0 Å². The molecule has 2 aromatic heterocycles. The number of hydrogen-bond acceptors (Lipinski definition) is 8. The highest BCUT2D eigenvalue weighted by molar-refractivity contribution is 7.55. The van der Waals surface area contributed by atoms with Crippen LogP contribution in [0.4, 0.5) is 5.82 Å². The average Bonchev–Trinajstić information content (AvgIpc) is 2.87. The number of nitrogens with zero attached hydrogens (tertiary/aromatic N) is 4. The number of nitrogen functional groups attached to an aromatic ring is 1. The van der Waals surface area contributed by atoms with Gasteiger partial charge in [0.15, 0.2) is 17.8 Å². The van der Waals surface area contributed by atoms with E-state index >= 15 is 0 Å². The summed E-state index contributed by atoms with van der Waals surface area (Å²) in [7, 11) is -3.73. The third kappa shape index (κ3) is 5.47. The lowest BCUT2D eigenvalue weighted by atomic mass is 10.3. The second kappa shape index (κ2) is 9.25. The molecule has 0 aliphatic carbocycles. The minimum Gasteiger partial charge on any atom is -0.382 e. The molecule has 0 aromatic carbocycles. The Morgan fingerprint density at radius 1 is 1.36 bits per heavy atom. The van der Waals surface area contributed by atoms with Crippen LogP contribution in [0.3, 0.4) is 0 Å². The number of anilines is 1. The van der Waals surface area contributed by atoms with E-state index < -0.39 is 19.9 Å². The maximum atomic E-state index is 12.5. The SMILES string of the molecule is C[C@H](Cn1cnc2c(N)ncnc21)OCP(=O)(O)N[C@H](C)C1OCCCCO1. The number of nitrogens with one attached hydrogen (secondary N) is 1. The van der Waals surface area contributed by atoms with Gasteiger partial charge in [-0.15, -0.1) is 0 Å². The maximum Gasteiger partial charge on any atom is 0.292 e. The summed E-state index contributed by atoms with van der Waals surface area (Å²) in [6.45, 7) is 5.11. The first-order chi connectivity index (χ1) is 13.4. The lowest BCUT2D eigenvalue weighted by Gasteiger charge is -2.26. The smallest absolute Gasteiger partial charge is 0.292 e. The zero-order chi connectivity index (χ0) is 20.1. The fraction of sp³-hybridized carbons (Fsp3) is 0.688. The third-order valence-electron chi connectivity index (χ3n) is 4.33. The predicted octanol–water partition coefficient (Wildman–Crippen LogP) is 1.09. The fourth-order valence-corrected chi connectivity index (χ4v) is 4.24. The van der Waals surface area contributed by atoms with Crippen molar-refractivity contribution in [2.45, 2.75) is 51.7 Å². The van der Waals surface area contributed by atoms with Crippen molar-refractivity contribution in [2.75, 3.05) is 25.3 Å². The van der Waals surface area contributed by atoms with Crippen LogP contribution in [0.15, 0.2) is 12.7 Å². The molecule has 3 rings (SSSR count). The van der Waals surface area contributed by atoms with E-state index in [4.69, 9.17) is 19.9 Å². The zero-order valence-electron chi connectivity index (χ0n) is 16.0. The Morgan fingerprint density at radius 3 is 2.79 bits per heavy atom. The van der Waals surface area contributed by atoms with Crippen LogP contribution in [-0.2, 0) is 25.3 Å². The van der Waals surface area contributed by atoms with Gasteiger partial charge in [-0.1, -0.05) is 0 Å². The van der Waals surface area contributed by atoms with Crippen molar-refractivity contribution in [3.63, 3.8) is 0 Å². The molecule has 1 saturated heterocycles. The largest absolute Gasteiger partial charge is 0.382 e. The minimum absolute atomic E-state index is 0.304. The number of nitrogens with two attached hydrogens (primary N) is 1. The molecule has 12 heteroatoms. The Bertz CT molecular complexity index is 825. The monoisotopic (exact) mass is 414 g/mol. The number of aromatic nitrogens is 4. The predicted molar refractivity (Wildman–Crippen MR) is 102 cm³/mol. The molecule has 1 fully saturated rings. The summed E-state index contributed by atoms with van der Waals surface area (Å²) in [5.74, 6) is 0.304. The van der Waals surface area contributed by atoms with E-state index in [2.05, 4.69) is 20.0 Å². The van der Waals surface area contributed by atoms with Gasteiger partial charge in [-0.05, 0) is 26.7 Å². The van der Waals surface area contributed by atoms with Gasteiger partial charge >= 0.3 is 0 Å². The topological polar surface area (TPSA) is 147 Å². The molecule has 3 atom stereocenters. The summed E-state index contributed by atoms with van der Waals surface area (Å²) in [5, 5.41) is 2.68. The summed E-state index contributed by atoms with van der Waals surface area (Å²) in [4.78, 5) is 22.5. The Labute approximate surface area is 163 Å². The van der Waals surface area contributed by atoms with Crippen LogP contribution in [0.5, 0.6) is 0 Å². The van der Waals surface area contributed by atoms with Crippen LogP contribution < -0.4 is 10.8 Å². The maximum absolute atomic E-state index is 12.5. The summed E-state index contributed by atoms with van der Waals surface area (Å²) in [6, 6.07) is -0.440. The van der Waals surface area contributed by atoms with Gasteiger partial charge in [0.2, 0.25) is 0 Å². The summed E-state index contributed by atoms with van der Waals surface area (Å²) in [6.07, 6.45) is 3.55. The van der Waals surface area contributed by atoms with Crippen molar-refractivity contribution in [3.8, 4) is 0 Å². The normalized spacial score (nSPS) is 20.5. The second-order valence-corrected chi connectivity index (χ2v) is 8.79. The molecule has 11 nitrogen and oxygen atoms in total. The zero-order valence-corrected chi connectivity index (χ0v) is 16.9. The number of fused-ring (bicyclic) bond motifs is 1. The molecule has 0 saturated carbocycles. The number of hydrogen-bond donors (Lipinski definition) is 3. The Balaban J connectivity index is 1.51. The van der Waals surface area contributed by atoms with E-state index in [0.29, 0.717) is 36.7 Å². The van der Waals surface area contributed by atoms with E-state index in [1.54, 1.807) is 24.7 Å². The number of rotatable bonds is 8. The van der Waals surface area contributed by atoms with Crippen LogP contribution >= 0.6 is 7.52 Å². The first kappa shape index (κ1) is 21.1. The molecular formula is C16H27N6O5P. The molecule has 3 heterocycles. The van der Waals surface area contributed by atoms with Gasteiger partial charge < -0.3 is 29.4 Å². The minimum atomic E-state index is -3.73. The van der Waals surface area contributed by atoms with Crippen molar-refractivity contribution in [1.82, 2.24) is 24.6 Å². The molecule has 0 radical (unpaired) electrons. The van der Waals surface area contributed by atoms with Gasteiger partial charge in [-0.25, -0.2) is 20.0 Å². The van der Waals surface area contributed by atoms with E-state index in [9.17, 15) is 9.46 Å². The van der Waals surface area contributed by atoms with Crippen LogP contribution in [0.1, 0.15) is 26.7 Å². The van der Waals surface area contributed by atoms with E-state index in [-0.39, 0.29) is 12.5 Å². The molecule has 4 N–H and O–H groups in total. The molecule has 28 heavy (non-hydrogen) atoms. The molecule has 156 valence electrons. The molecule has 1 aliphatic rings. The average molecular weight is 414 g/mol. The third-order valence-corrected chi connectivity index (χ3v) is 5.64. The lowest BCUT2D eigenvalue weighted by molar-refractivity contribution is -0.138. The van der Waals surface area contributed by atoms with Crippen molar-refractivity contribution in [3.05, 3.63) is 12.7 Å². The van der Waals surface area contributed by atoms with Gasteiger partial charge in [0, 0.05) is 13.2 Å².